The fraction of sp³-hybridized carbons (Fsp3) is 0.381. The van der Waals surface area contributed by atoms with Crippen LogP contribution in [0, 0.1) is 5.41 Å². The first-order valence-electron chi connectivity index (χ1n) is 8.40. The van der Waals surface area contributed by atoms with Crippen LogP contribution in [-0.4, -0.2) is 4.86 Å². The van der Waals surface area contributed by atoms with Crippen LogP contribution in [0.2, 0.25) is 0 Å². The average Bonchev–Trinajstić information content (AvgIpc) is 2.72. The molecule has 0 atom stereocenters. The van der Waals surface area contributed by atoms with E-state index in [4.69, 9.17) is 12.2 Å². The molecule has 0 spiro atoms. The van der Waals surface area contributed by atoms with Crippen LogP contribution in [0.15, 0.2) is 60.7 Å². The molecule has 0 bridgehead atoms. The highest BCUT2D eigenvalue weighted by Crippen LogP contribution is 2.39. The van der Waals surface area contributed by atoms with Crippen molar-refractivity contribution in [2.24, 2.45) is 5.41 Å². The van der Waals surface area contributed by atoms with Gasteiger partial charge in [-0.2, -0.15) is 0 Å². The van der Waals surface area contributed by atoms with E-state index in [9.17, 15) is 0 Å². The molecule has 0 amide bonds. The van der Waals surface area contributed by atoms with Crippen molar-refractivity contribution >= 4 is 17.1 Å². The number of hydrogen-bond acceptors (Lipinski definition) is 1. The van der Waals surface area contributed by atoms with Gasteiger partial charge >= 0.3 is 0 Å². The van der Waals surface area contributed by atoms with Crippen molar-refractivity contribution in [1.29, 1.82) is 0 Å². The molecule has 2 aromatic rings. The molecule has 0 N–H and O–H groups in total. The highest BCUT2D eigenvalue weighted by atomic mass is 32.1. The smallest absolute Gasteiger partial charge is 0.00972 e. The maximum absolute atomic E-state index is 5.92. The van der Waals surface area contributed by atoms with Gasteiger partial charge in [-0.3, -0.25) is 0 Å². The van der Waals surface area contributed by atoms with Gasteiger partial charge in [0.05, 0.1) is 0 Å². The van der Waals surface area contributed by atoms with Crippen LogP contribution in [0.1, 0.15) is 43.2 Å². The van der Waals surface area contributed by atoms with E-state index in [-0.39, 0.29) is 5.41 Å². The van der Waals surface area contributed by atoms with Gasteiger partial charge in [-0.1, -0.05) is 85.7 Å². The lowest BCUT2D eigenvalue weighted by molar-refractivity contribution is 0.376. The van der Waals surface area contributed by atoms with E-state index in [1.807, 2.05) is 0 Å². The maximum Gasteiger partial charge on any atom is 0.00972 e. The third-order valence-corrected chi connectivity index (χ3v) is 5.56. The number of benzene rings is 2. The van der Waals surface area contributed by atoms with E-state index in [1.165, 1.54) is 41.7 Å². The van der Waals surface area contributed by atoms with Gasteiger partial charge in [-0.15, -0.1) is 0 Å². The van der Waals surface area contributed by atoms with E-state index < -0.39 is 0 Å². The lowest BCUT2D eigenvalue weighted by Gasteiger charge is -2.34. The zero-order chi connectivity index (χ0) is 15.3. The number of rotatable bonds is 4. The highest BCUT2D eigenvalue weighted by molar-refractivity contribution is 7.80. The molecule has 0 heterocycles. The molecule has 0 aromatic heterocycles. The SMILES string of the molecule is S=C1CCCCCC1(Cc1ccccc1)Cc1ccccc1. The molecule has 22 heavy (non-hydrogen) atoms. The Hall–Kier alpha value is -1.47. The van der Waals surface area contributed by atoms with E-state index in [0.29, 0.717) is 0 Å². The summed E-state index contributed by atoms with van der Waals surface area (Å²) in [6.07, 6.45) is 8.42. The third-order valence-electron chi connectivity index (χ3n) is 4.92. The summed E-state index contributed by atoms with van der Waals surface area (Å²) >= 11 is 5.92. The predicted octanol–water partition coefficient (Wildman–Crippen LogP) is 5.79. The molecule has 0 radical (unpaired) electrons. The van der Waals surface area contributed by atoms with Gasteiger partial charge in [-0.25, -0.2) is 0 Å². The van der Waals surface area contributed by atoms with Gasteiger partial charge in [-0.05, 0) is 48.1 Å². The predicted molar refractivity (Wildman–Crippen MR) is 98.4 cm³/mol. The number of thiocarbonyl (C=S) groups is 1. The zero-order valence-electron chi connectivity index (χ0n) is 13.1. The van der Waals surface area contributed by atoms with Crippen LogP contribution in [0.4, 0.5) is 0 Å². The maximum atomic E-state index is 5.92. The quantitative estimate of drug-likeness (QED) is 0.508. The monoisotopic (exact) mass is 308 g/mol. The summed E-state index contributed by atoms with van der Waals surface area (Å²) in [7, 11) is 0. The molecule has 1 aliphatic carbocycles. The second-order valence-corrected chi connectivity index (χ2v) is 7.08. The van der Waals surface area contributed by atoms with Crippen molar-refractivity contribution < 1.29 is 0 Å². The largest absolute Gasteiger partial charge is 0.0891 e. The summed E-state index contributed by atoms with van der Waals surface area (Å²) in [5, 5.41) is 0. The lowest BCUT2D eigenvalue weighted by Crippen LogP contribution is -2.34. The molecule has 0 unspecified atom stereocenters. The van der Waals surface area contributed by atoms with Gasteiger partial charge in [0, 0.05) is 5.41 Å². The molecule has 3 rings (SSSR count). The molecular weight excluding hydrogens is 284 g/mol. The van der Waals surface area contributed by atoms with E-state index in [1.54, 1.807) is 0 Å². The van der Waals surface area contributed by atoms with Gasteiger partial charge in [0.25, 0.3) is 0 Å². The van der Waals surface area contributed by atoms with Crippen LogP contribution in [-0.2, 0) is 12.8 Å². The Balaban J connectivity index is 1.91. The first-order valence-corrected chi connectivity index (χ1v) is 8.81. The molecule has 0 saturated heterocycles. The lowest BCUT2D eigenvalue weighted by atomic mass is 9.71. The Bertz CT molecular complexity index is 559. The molecular formula is C21H24S. The number of hydrogen-bond donors (Lipinski definition) is 0. The minimum absolute atomic E-state index is 0.161. The Morgan fingerprint density at radius 1 is 0.727 bits per heavy atom. The first kappa shape index (κ1) is 15.4. The van der Waals surface area contributed by atoms with Crippen LogP contribution in [0.3, 0.4) is 0 Å². The van der Waals surface area contributed by atoms with Gasteiger partial charge in [0.2, 0.25) is 0 Å². The molecule has 0 nitrogen and oxygen atoms in total. The molecule has 0 aliphatic heterocycles. The summed E-state index contributed by atoms with van der Waals surface area (Å²) in [6, 6.07) is 21.8. The average molecular weight is 308 g/mol. The standard InChI is InChI=1S/C21H24S/c22-20-14-8-3-9-15-21(20,16-18-10-4-1-5-11-18)17-19-12-6-2-7-13-19/h1-2,4-7,10-13H,3,8-9,14-17H2. The highest BCUT2D eigenvalue weighted by Gasteiger charge is 2.35. The molecule has 1 saturated carbocycles. The van der Waals surface area contributed by atoms with Crippen molar-refractivity contribution in [2.75, 3.05) is 0 Å². The van der Waals surface area contributed by atoms with Gasteiger partial charge < -0.3 is 0 Å². The summed E-state index contributed by atoms with van der Waals surface area (Å²) < 4.78 is 0. The fourth-order valence-corrected chi connectivity index (χ4v) is 4.13. The summed E-state index contributed by atoms with van der Waals surface area (Å²) in [4.78, 5) is 1.30. The minimum atomic E-state index is 0.161. The third kappa shape index (κ3) is 3.64. The summed E-state index contributed by atoms with van der Waals surface area (Å²) in [5.41, 5.74) is 3.00. The van der Waals surface area contributed by atoms with E-state index in [2.05, 4.69) is 60.7 Å². The van der Waals surface area contributed by atoms with Crippen LogP contribution < -0.4 is 0 Å². The van der Waals surface area contributed by atoms with Crippen molar-refractivity contribution in [3.8, 4) is 0 Å². The molecule has 2 aromatic carbocycles. The fourth-order valence-electron chi connectivity index (χ4n) is 3.74. The van der Waals surface area contributed by atoms with Gasteiger partial charge in [0.1, 0.15) is 0 Å². The van der Waals surface area contributed by atoms with E-state index in [0.717, 1.165) is 19.3 Å². The van der Waals surface area contributed by atoms with Crippen molar-refractivity contribution in [3.05, 3.63) is 71.8 Å². The van der Waals surface area contributed by atoms with Crippen LogP contribution in [0.25, 0.3) is 0 Å². The van der Waals surface area contributed by atoms with Crippen LogP contribution >= 0.6 is 12.2 Å². The van der Waals surface area contributed by atoms with Crippen molar-refractivity contribution in [2.45, 2.75) is 44.9 Å². The Kier molecular flexibility index (Phi) is 5.04. The Morgan fingerprint density at radius 3 is 1.82 bits per heavy atom. The van der Waals surface area contributed by atoms with Crippen LogP contribution in [0.5, 0.6) is 0 Å². The Labute approximate surface area is 139 Å². The normalized spacial score (nSPS) is 17.9. The molecule has 114 valence electrons. The first-order chi connectivity index (χ1) is 10.8. The molecule has 1 heteroatoms. The topological polar surface area (TPSA) is 0 Å². The minimum Gasteiger partial charge on any atom is -0.0891 e. The van der Waals surface area contributed by atoms with E-state index >= 15 is 0 Å². The molecule has 1 fully saturated rings. The van der Waals surface area contributed by atoms with Gasteiger partial charge in [0.15, 0.2) is 0 Å². The molecule has 1 aliphatic rings. The van der Waals surface area contributed by atoms with Crippen molar-refractivity contribution in [3.63, 3.8) is 0 Å². The second kappa shape index (κ2) is 7.19. The second-order valence-electron chi connectivity index (χ2n) is 6.59. The van der Waals surface area contributed by atoms with Crippen molar-refractivity contribution in [1.82, 2.24) is 0 Å². The summed E-state index contributed by atoms with van der Waals surface area (Å²) in [6.45, 7) is 0. The zero-order valence-corrected chi connectivity index (χ0v) is 13.9. The Morgan fingerprint density at radius 2 is 1.27 bits per heavy atom. The summed E-state index contributed by atoms with van der Waals surface area (Å²) in [5.74, 6) is 0.